The van der Waals surface area contributed by atoms with Crippen molar-refractivity contribution in [3.05, 3.63) is 60.2 Å². The van der Waals surface area contributed by atoms with E-state index in [2.05, 4.69) is 17.4 Å². The van der Waals surface area contributed by atoms with Gasteiger partial charge in [-0.2, -0.15) is 0 Å². The average Bonchev–Trinajstić information content (AvgIpc) is 2.38. The van der Waals surface area contributed by atoms with Crippen LogP contribution in [-0.2, 0) is 11.2 Å². The quantitative estimate of drug-likeness (QED) is 0.603. The fraction of sp³-hybridized carbons (Fsp3) is 0.312. The first-order valence-corrected chi connectivity index (χ1v) is 6.36. The van der Waals surface area contributed by atoms with Gasteiger partial charge in [-0.05, 0) is 32.3 Å². The Morgan fingerprint density at radius 2 is 2.00 bits per heavy atom. The molecule has 1 aromatic carbocycles. The minimum atomic E-state index is -0.0336. The molecule has 18 heavy (non-hydrogen) atoms. The van der Waals surface area contributed by atoms with E-state index in [1.807, 2.05) is 44.2 Å². The summed E-state index contributed by atoms with van der Waals surface area (Å²) in [7, 11) is 0. The van der Waals surface area contributed by atoms with Crippen molar-refractivity contribution in [2.75, 3.05) is 0 Å². The predicted octanol–water partition coefficient (Wildman–Crippen LogP) is 3.26. The number of carbonyl (C=O) groups is 1. The van der Waals surface area contributed by atoms with Gasteiger partial charge in [-0.25, -0.2) is 0 Å². The highest BCUT2D eigenvalue weighted by Gasteiger charge is 2.04. The normalized spacial score (nSPS) is 13.0. The third-order valence-corrected chi connectivity index (χ3v) is 2.65. The fourth-order valence-electron chi connectivity index (χ4n) is 1.65. The van der Waals surface area contributed by atoms with E-state index in [4.69, 9.17) is 0 Å². The van der Waals surface area contributed by atoms with Crippen molar-refractivity contribution in [1.29, 1.82) is 0 Å². The zero-order valence-electron chi connectivity index (χ0n) is 11.1. The Kier molecular flexibility index (Phi) is 6.55. The lowest BCUT2D eigenvalue weighted by atomic mass is 10.1. The second-order valence-corrected chi connectivity index (χ2v) is 4.32. The van der Waals surface area contributed by atoms with Gasteiger partial charge in [-0.15, -0.1) is 0 Å². The number of carbonyl (C=O) groups excluding carboxylic acids is 1. The van der Waals surface area contributed by atoms with Gasteiger partial charge in [0, 0.05) is 12.1 Å². The topological polar surface area (TPSA) is 29.1 Å². The molecule has 96 valence electrons. The van der Waals surface area contributed by atoms with E-state index in [0.29, 0.717) is 0 Å². The van der Waals surface area contributed by atoms with Crippen molar-refractivity contribution >= 4 is 5.91 Å². The Morgan fingerprint density at radius 1 is 1.28 bits per heavy atom. The number of nitrogens with one attached hydrogen (secondary N) is 1. The molecule has 0 bridgehead atoms. The summed E-state index contributed by atoms with van der Waals surface area (Å²) in [6.45, 7) is 3.95. The Morgan fingerprint density at radius 3 is 2.67 bits per heavy atom. The lowest BCUT2D eigenvalue weighted by Gasteiger charge is -2.12. The standard InChI is InChI=1S/C16H21NO/c1-3-4-6-11-16(18)17-14(2)12-13-15-9-7-5-8-10-15/h3-11,14H,12-13H2,1-2H3,(H,17,18). The van der Waals surface area contributed by atoms with Crippen LogP contribution in [0.5, 0.6) is 0 Å². The zero-order chi connectivity index (χ0) is 13.2. The first-order chi connectivity index (χ1) is 8.72. The van der Waals surface area contributed by atoms with Crippen molar-refractivity contribution in [3.63, 3.8) is 0 Å². The van der Waals surface area contributed by atoms with Gasteiger partial charge in [-0.3, -0.25) is 4.79 Å². The summed E-state index contributed by atoms with van der Waals surface area (Å²) in [5.41, 5.74) is 1.31. The third-order valence-electron chi connectivity index (χ3n) is 2.65. The van der Waals surface area contributed by atoms with E-state index in [1.54, 1.807) is 12.2 Å². The molecule has 0 aliphatic carbocycles. The summed E-state index contributed by atoms with van der Waals surface area (Å²) in [6.07, 6.45) is 8.98. The van der Waals surface area contributed by atoms with Crippen molar-refractivity contribution in [3.8, 4) is 0 Å². The highest BCUT2D eigenvalue weighted by Crippen LogP contribution is 2.04. The van der Waals surface area contributed by atoms with Crippen molar-refractivity contribution in [2.24, 2.45) is 0 Å². The molecule has 0 aliphatic rings. The molecular formula is C16H21NO. The number of amides is 1. The van der Waals surface area contributed by atoms with Gasteiger partial charge in [0.15, 0.2) is 0 Å². The molecule has 1 amide bonds. The smallest absolute Gasteiger partial charge is 0.244 e. The number of allylic oxidation sites excluding steroid dienone is 3. The van der Waals surface area contributed by atoms with Crippen LogP contribution in [0.3, 0.4) is 0 Å². The molecule has 0 radical (unpaired) electrons. The van der Waals surface area contributed by atoms with E-state index in [0.717, 1.165) is 12.8 Å². The molecule has 2 heteroatoms. The van der Waals surface area contributed by atoms with Crippen LogP contribution in [0.2, 0.25) is 0 Å². The number of benzene rings is 1. The summed E-state index contributed by atoms with van der Waals surface area (Å²) in [6, 6.07) is 10.5. The second kappa shape index (κ2) is 8.29. The minimum Gasteiger partial charge on any atom is -0.350 e. The van der Waals surface area contributed by atoms with E-state index in [1.165, 1.54) is 5.56 Å². The van der Waals surface area contributed by atoms with Gasteiger partial charge < -0.3 is 5.32 Å². The maximum absolute atomic E-state index is 11.5. The van der Waals surface area contributed by atoms with Crippen LogP contribution in [0.25, 0.3) is 0 Å². The molecule has 0 saturated heterocycles. The van der Waals surface area contributed by atoms with Crippen LogP contribution in [0.15, 0.2) is 54.6 Å². The zero-order valence-corrected chi connectivity index (χ0v) is 11.1. The summed E-state index contributed by atoms with van der Waals surface area (Å²) in [5, 5.41) is 2.95. The molecule has 0 fully saturated rings. The molecule has 0 aromatic heterocycles. The molecule has 1 atom stereocenters. The van der Waals surface area contributed by atoms with E-state index in [9.17, 15) is 4.79 Å². The molecule has 1 aromatic rings. The summed E-state index contributed by atoms with van der Waals surface area (Å²) >= 11 is 0. The van der Waals surface area contributed by atoms with Crippen molar-refractivity contribution in [2.45, 2.75) is 32.7 Å². The third kappa shape index (κ3) is 6.04. The number of hydrogen-bond donors (Lipinski definition) is 1. The van der Waals surface area contributed by atoms with E-state index < -0.39 is 0 Å². The lowest BCUT2D eigenvalue weighted by Crippen LogP contribution is -2.31. The average molecular weight is 243 g/mol. The largest absolute Gasteiger partial charge is 0.350 e. The van der Waals surface area contributed by atoms with Crippen LogP contribution >= 0.6 is 0 Å². The molecule has 1 N–H and O–H groups in total. The second-order valence-electron chi connectivity index (χ2n) is 4.32. The molecule has 0 saturated carbocycles. The Hall–Kier alpha value is -1.83. The van der Waals surface area contributed by atoms with Crippen molar-refractivity contribution < 1.29 is 4.79 Å². The summed E-state index contributed by atoms with van der Waals surface area (Å²) < 4.78 is 0. The molecular weight excluding hydrogens is 222 g/mol. The van der Waals surface area contributed by atoms with Crippen LogP contribution in [-0.4, -0.2) is 11.9 Å². The van der Waals surface area contributed by atoms with Gasteiger partial charge in [0.2, 0.25) is 5.91 Å². The highest BCUT2D eigenvalue weighted by molar-refractivity contribution is 5.87. The predicted molar refractivity (Wildman–Crippen MR) is 76.3 cm³/mol. The van der Waals surface area contributed by atoms with Crippen LogP contribution in [0.4, 0.5) is 0 Å². The highest BCUT2D eigenvalue weighted by atomic mass is 16.1. The molecule has 2 nitrogen and oxygen atoms in total. The Labute approximate surface area is 109 Å². The van der Waals surface area contributed by atoms with Gasteiger partial charge >= 0.3 is 0 Å². The van der Waals surface area contributed by atoms with Crippen LogP contribution in [0, 0.1) is 0 Å². The monoisotopic (exact) mass is 243 g/mol. The minimum absolute atomic E-state index is 0.0336. The molecule has 0 spiro atoms. The maximum atomic E-state index is 11.5. The van der Waals surface area contributed by atoms with Crippen LogP contribution in [0.1, 0.15) is 25.8 Å². The lowest BCUT2D eigenvalue weighted by molar-refractivity contribution is -0.117. The van der Waals surface area contributed by atoms with E-state index in [-0.39, 0.29) is 11.9 Å². The molecule has 0 heterocycles. The molecule has 0 aliphatic heterocycles. The molecule has 1 unspecified atom stereocenters. The first kappa shape index (κ1) is 14.2. The summed E-state index contributed by atoms with van der Waals surface area (Å²) in [5.74, 6) is -0.0336. The number of rotatable bonds is 6. The van der Waals surface area contributed by atoms with Crippen molar-refractivity contribution in [1.82, 2.24) is 5.32 Å². The van der Waals surface area contributed by atoms with Gasteiger partial charge in [-0.1, -0.05) is 48.6 Å². The molecule has 1 rings (SSSR count). The van der Waals surface area contributed by atoms with E-state index >= 15 is 0 Å². The van der Waals surface area contributed by atoms with Gasteiger partial charge in [0.1, 0.15) is 0 Å². The first-order valence-electron chi connectivity index (χ1n) is 6.36. The van der Waals surface area contributed by atoms with Crippen LogP contribution < -0.4 is 5.32 Å². The Balaban J connectivity index is 2.29. The fourth-order valence-corrected chi connectivity index (χ4v) is 1.65. The maximum Gasteiger partial charge on any atom is 0.244 e. The number of aryl methyl sites for hydroxylation is 1. The number of hydrogen-bond acceptors (Lipinski definition) is 1. The van der Waals surface area contributed by atoms with Gasteiger partial charge in [0.25, 0.3) is 0 Å². The summed E-state index contributed by atoms with van der Waals surface area (Å²) in [4.78, 5) is 11.5. The Bertz CT molecular complexity index is 406. The van der Waals surface area contributed by atoms with Gasteiger partial charge in [0.05, 0.1) is 0 Å². The SMILES string of the molecule is CC=CC=CC(=O)NC(C)CCc1ccccc1.